The summed E-state index contributed by atoms with van der Waals surface area (Å²) >= 11 is 1.22. The Balaban J connectivity index is 1.85. The number of fused-ring (bicyclic) bond motifs is 1. The first-order valence-electron chi connectivity index (χ1n) is 6.97. The van der Waals surface area contributed by atoms with Crippen molar-refractivity contribution in [3.8, 4) is 0 Å². The standard InChI is InChI=1S/C17H11NO5S/c19-15-12-3-1-2-4-13(12)16(20)17(21)14(15)9-24-11-7-5-10(6-8-11)18(22)23/h1-8,19H,9H2. The number of aliphatic hydroxyl groups is 1. The van der Waals surface area contributed by atoms with Crippen molar-refractivity contribution in [2.45, 2.75) is 4.90 Å². The maximum Gasteiger partial charge on any atom is 0.269 e. The van der Waals surface area contributed by atoms with Gasteiger partial charge in [-0.15, -0.1) is 11.8 Å². The Morgan fingerprint density at radius 3 is 2.21 bits per heavy atom. The van der Waals surface area contributed by atoms with Gasteiger partial charge in [0, 0.05) is 33.9 Å². The Kier molecular flexibility index (Phi) is 4.18. The van der Waals surface area contributed by atoms with Crippen molar-refractivity contribution in [2.24, 2.45) is 0 Å². The highest BCUT2D eigenvalue weighted by atomic mass is 32.2. The maximum absolute atomic E-state index is 12.2. The first kappa shape index (κ1) is 15.9. The van der Waals surface area contributed by atoms with E-state index in [9.17, 15) is 24.8 Å². The van der Waals surface area contributed by atoms with Crippen LogP contribution in [0.1, 0.15) is 15.9 Å². The number of carbonyl (C=O) groups excluding carboxylic acids is 2. The Morgan fingerprint density at radius 2 is 1.58 bits per heavy atom. The number of Topliss-reactive ketones (excluding diaryl/α,β-unsaturated/α-hetero) is 2. The average Bonchev–Trinajstić information content (AvgIpc) is 2.60. The fraction of sp³-hybridized carbons (Fsp3) is 0.0588. The Labute approximate surface area is 141 Å². The summed E-state index contributed by atoms with van der Waals surface area (Å²) in [4.78, 5) is 35.1. The summed E-state index contributed by atoms with van der Waals surface area (Å²) in [5.41, 5.74) is 0.562. The van der Waals surface area contributed by atoms with Crippen LogP contribution in [0, 0.1) is 10.1 Å². The molecule has 24 heavy (non-hydrogen) atoms. The van der Waals surface area contributed by atoms with Gasteiger partial charge in [-0.3, -0.25) is 19.7 Å². The summed E-state index contributed by atoms with van der Waals surface area (Å²) in [6.07, 6.45) is 0. The zero-order valence-corrected chi connectivity index (χ0v) is 13.1. The molecule has 0 saturated heterocycles. The molecule has 0 fully saturated rings. The smallest absolute Gasteiger partial charge is 0.269 e. The summed E-state index contributed by atoms with van der Waals surface area (Å²) < 4.78 is 0. The van der Waals surface area contributed by atoms with Crippen molar-refractivity contribution in [3.05, 3.63) is 75.3 Å². The molecule has 1 aliphatic rings. The summed E-state index contributed by atoms with van der Waals surface area (Å²) in [6, 6.07) is 12.2. The first-order valence-corrected chi connectivity index (χ1v) is 7.95. The number of nitrogens with zero attached hydrogens (tertiary/aromatic N) is 1. The lowest BCUT2D eigenvalue weighted by molar-refractivity contribution is -0.384. The number of non-ortho nitro benzene ring substituents is 1. The molecule has 0 unspecified atom stereocenters. The third-order valence-electron chi connectivity index (χ3n) is 3.62. The van der Waals surface area contributed by atoms with Crippen LogP contribution in [0.2, 0.25) is 0 Å². The van der Waals surface area contributed by atoms with Crippen LogP contribution in [0.25, 0.3) is 5.76 Å². The van der Waals surface area contributed by atoms with Gasteiger partial charge in [0.05, 0.1) is 10.5 Å². The van der Waals surface area contributed by atoms with Crippen LogP contribution >= 0.6 is 11.8 Å². The Morgan fingerprint density at radius 1 is 0.958 bits per heavy atom. The molecule has 0 radical (unpaired) electrons. The van der Waals surface area contributed by atoms with Crippen molar-refractivity contribution < 1.29 is 19.6 Å². The number of benzene rings is 2. The number of aliphatic hydroxyl groups excluding tert-OH is 1. The summed E-state index contributed by atoms with van der Waals surface area (Å²) in [7, 11) is 0. The van der Waals surface area contributed by atoms with Crippen LogP contribution in [0.3, 0.4) is 0 Å². The van der Waals surface area contributed by atoms with Gasteiger partial charge in [0.15, 0.2) is 0 Å². The number of hydrogen-bond donors (Lipinski definition) is 1. The minimum absolute atomic E-state index is 0.0285. The second-order valence-corrected chi connectivity index (χ2v) is 6.12. The van der Waals surface area contributed by atoms with Gasteiger partial charge in [-0.05, 0) is 12.1 Å². The molecule has 0 heterocycles. The second kappa shape index (κ2) is 6.29. The number of rotatable bonds is 4. The lowest BCUT2D eigenvalue weighted by Gasteiger charge is -2.17. The highest BCUT2D eigenvalue weighted by Crippen LogP contribution is 2.31. The minimum Gasteiger partial charge on any atom is -0.507 e. The largest absolute Gasteiger partial charge is 0.507 e. The summed E-state index contributed by atoms with van der Waals surface area (Å²) in [5.74, 6) is -1.45. The molecule has 0 spiro atoms. The fourth-order valence-corrected chi connectivity index (χ4v) is 3.28. The molecule has 0 amide bonds. The van der Waals surface area contributed by atoms with E-state index >= 15 is 0 Å². The summed E-state index contributed by atoms with van der Waals surface area (Å²) in [6.45, 7) is 0. The number of thioether (sulfide) groups is 1. The molecule has 0 atom stereocenters. The quantitative estimate of drug-likeness (QED) is 0.396. The zero-order valence-electron chi connectivity index (χ0n) is 12.3. The van der Waals surface area contributed by atoms with E-state index in [1.165, 1.54) is 30.0 Å². The van der Waals surface area contributed by atoms with Gasteiger partial charge < -0.3 is 5.11 Å². The van der Waals surface area contributed by atoms with Gasteiger partial charge >= 0.3 is 0 Å². The molecule has 2 aromatic rings. The maximum atomic E-state index is 12.2. The van der Waals surface area contributed by atoms with E-state index in [4.69, 9.17) is 0 Å². The van der Waals surface area contributed by atoms with Crippen molar-refractivity contribution in [2.75, 3.05) is 5.75 Å². The van der Waals surface area contributed by atoms with E-state index in [1.807, 2.05) is 0 Å². The molecule has 3 rings (SSSR count). The molecule has 0 bridgehead atoms. The molecule has 7 heteroatoms. The van der Waals surface area contributed by atoms with Crippen molar-refractivity contribution in [1.82, 2.24) is 0 Å². The van der Waals surface area contributed by atoms with Gasteiger partial charge in [0.1, 0.15) is 5.76 Å². The molecule has 0 aromatic heterocycles. The van der Waals surface area contributed by atoms with Crippen LogP contribution in [0.15, 0.2) is 59.0 Å². The second-order valence-electron chi connectivity index (χ2n) is 5.07. The minimum atomic E-state index is -0.722. The zero-order chi connectivity index (χ0) is 17.3. The number of ketones is 2. The normalized spacial score (nSPS) is 13.8. The van der Waals surface area contributed by atoms with Crippen LogP contribution in [0.4, 0.5) is 5.69 Å². The molecule has 0 aliphatic heterocycles. The Hall–Kier alpha value is -2.93. The van der Waals surface area contributed by atoms with Crippen molar-refractivity contribution in [3.63, 3.8) is 0 Å². The summed E-state index contributed by atoms with van der Waals surface area (Å²) in [5, 5.41) is 20.9. The lowest BCUT2D eigenvalue weighted by Crippen LogP contribution is -2.25. The first-order chi connectivity index (χ1) is 11.5. The number of carbonyl (C=O) groups is 2. The predicted molar refractivity (Wildman–Crippen MR) is 89.1 cm³/mol. The van der Waals surface area contributed by atoms with Crippen LogP contribution in [0.5, 0.6) is 0 Å². The van der Waals surface area contributed by atoms with E-state index in [0.717, 1.165) is 0 Å². The van der Waals surface area contributed by atoms with E-state index in [2.05, 4.69) is 0 Å². The van der Waals surface area contributed by atoms with Crippen molar-refractivity contribution in [1.29, 1.82) is 0 Å². The molecule has 120 valence electrons. The monoisotopic (exact) mass is 341 g/mol. The number of nitro groups is 1. The average molecular weight is 341 g/mol. The number of hydrogen-bond acceptors (Lipinski definition) is 6. The van der Waals surface area contributed by atoms with Gasteiger partial charge in [-0.25, -0.2) is 0 Å². The van der Waals surface area contributed by atoms with E-state index in [-0.39, 0.29) is 28.3 Å². The molecule has 6 nitrogen and oxygen atoms in total. The molecule has 1 aliphatic carbocycles. The third-order valence-corrected chi connectivity index (χ3v) is 4.66. The molecule has 0 saturated carbocycles. The van der Waals surface area contributed by atoms with Crippen molar-refractivity contribution >= 4 is 34.8 Å². The van der Waals surface area contributed by atoms with Gasteiger partial charge in [0.2, 0.25) is 11.6 Å². The van der Waals surface area contributed by atoms with Crippen LogP contribution < -0.4 is 0 Å². The predicted octanol–water partition coefficient (Wildman–Crippen LogP) is 3.42. The van der Waals surface area contributed by atoms with Gasteiger partial charge in [-0.2, -0.15) is 0 Å². The molecular formula is C17H11NO5S. The van der Waals surface area contributed by atoms with Crippen LogP contribution in [-0.2, 0) is 4.79 Å². The fourth-order valence-electron chi connectivity index (χ4n) is 2.37. The molecule has 1 N–H and O–H groups in total. The van der Waals surface area contributed by atoms with E-state index in [1.54, 1.807) is 30.3 Å². The highest BCUT2D eigenvalue weighted by molar-refractivity contribution is 7.99. The topological polar surface area (TPSA) is 97.5 Å². The highest BCUT2D eigenvalue weighted by Gasteiger charge is 2.32. The van der Waals surface area contributed by atoms with E-state index < -0.39 is 16.5 Å². The SMILES string of the molecule is O=C1C(=O)c2ccccc2C(O)=C1CSc1ccc([N+](=O)[O-])cc1. The molecular weight excluding hydrogens is 330 g/mol. The van der Waals surface area contributed by atoms with Gasteiger partial charge in [0.25, 0.3) is 5.69 Å². The van der Waals surface area contributed by atoms with Gasteiger partial charge in [-0.1, -0.05) is 24.3 Å². The van der Waals surface area contributed by atoms with E-state index in [0.29, 0.717) is 10.5 Å². The number of nitro benzene ring substituents is 1. The lowest BCUT2D eigenvalue weighted by atomic mass is 9.89. The molecule has 2 aromatic carbocycles. The Bertz CT molecular complexity index is 886. The third kappa shape index (κ3) is 2.81. The van der Waals surface area contributed by atoms with Crippen LogP contribution in [-0.4, -0.2) is 27.3 Å².